The maximum atomic E-state index is 5.37. The number of nitrogens with zero attached hydrogens (tertiary/aromatic N) is 9. The van der Waals surface area contributed by atoms with Crippen LogP contribution in [0.2, 0.25) is 0 Å². The first-order chi connectivity index (χ1) is 48.1. The molecular weight excluding hydrogens is 1230 g/mol. The van der Waals surface area contributed by atoms with Crippen molar-refractivity contribution in [1.82, 2.24) is 68.5 Å². The molecule has 0 fully saturated rings. The molecule has 0 aliphatic heterocycles. The van der Waals surface area contributed by atoms with Crippen LogP contribution in [0.5, 0.6) is 0 Å². The van der Waals surface area contributed by atoms with Crippen molar-refractivity contribution in [3.63, 3.8) is 0 Å². The van der Waals surface area contributed by atoms with E-state index in [2.05, 4.69) is 166 Å². The Balaban J connectivity index is 0.000000128. The highest BCUT2D eigenvalue weighted by atomic mass is 16.3. The van der Waals surface area contributed by atoms with Crippen LogP contribution in [0.25, 0.3) is 71.4 Å². The number of rotatable bonds is 0. The van der Waals surface area contributed by atoms with E-state index in [4.69, 9.17) is 8.83 Å². The molecule has 99 heavy (non-hydrogen) atoms. The number of nitrogens with one attached hydrogen (secondary N) is 5. The lowest BCUT2D eigenvalue weighted by Crippen LogP contribution is -1.83. The molecule has 0 atom stereocenters. The number of hydrogen-bond donors (Lipinski definition) is 5. The lowest BCUT2D eigenvalue weighted by molar-refractivity contribution is 0.534. The second-order valence-electron chi connectivity index (χ2n) is 23.5. The van der Waals surface area contributed by atoms with Crippen molar-refractivity contribution in [2.24, 2.45) is 0 Å². The Morgan fingerprint density at radius 3 is 1.60 bits per heavy atom. The quantitative estimate of drug-likeness (QED) is 0.0989. The summed E-state index contributed by atoms with van der Waals surface area (Å²) < 4.78 is 16.2. The third-order valence-corrected chi connectivity index (χ3v) is 14.7. The van der Waals surface area contributed by atoms with Crippen LogP contribution in [0.1, 0.15) is 62.6 Å². The SMILES string of the molecule is Cc1cc2ccccc2[nH]1.Cc1cc2ccccc2o1.Cc1cc2ccccn2c1.Cc1cc2ccccn2n1.Cc1cc2ccncc2[nH]1.Cc1cc2cnccc2[nH]1.Cc1ccccc1.Cc1ccco1.Cc1ccn[nH]1.Cc1cn2ccccc2n1.Cc1nc2ccccc2[nH]1. The summed E-state index contributed by atoms with van der Waals surface area (Å²) in [6.45, 7) is 22.1. The van der Waals surface area contributed by atoms with Crippen molar-refractivity contribution >= 4 is 71.4 Å². The van der Waals surface area contributed by atoms with Gasteiger partial charge in [-0.05, 0) is 215 Å². The number of hydrogen-bond acceptors (Lipinski definition) is 8. The number of benzene rings is 4. The Bertz CT molecular complexity index is 4280. The maximum Gasteiger partial charge on any atom is 0.136 e. The van der Waals surface area contributed by atoms with E-state index in [1.54, 1.807) is 24.9 Å². The number of pyridine rings is 5. The Hall–Kier alpha value is -12.6. The number of imidazole rings is 2. The summed E-state index contributed by atoms with van der Waals surface area (Å²) >= 11 is 0. The Kier molecular flexibility index (Phi) is 26.0. The first kappa shape index (κ1) is 70.7. The predicted octanol–water partition coefficient (Wildman–Crippen LogP) is 20.7. The van der Waals surface area contributed by atoms with Crippen LogP contribution in [0.4, 0.5) is 0 Å². The molecule has 19 rings (SSSR count). The highest BCUT2D eigenvalue weighted by Gasteiger charge is 1.99. The van der Waals surface area contributed by atoms with Crippen LogP contribution in [0.3, 0.4) is 0 Å². The van der Waals surface area contributed by atoms with Crippen LogP contribution in [0, 0.1) is 76.2 Å². The van der Waals surface area contributed by atoms with Crippen LogP contribution >= 0.6 is 0 Å². The molecule has 5 N–H and O–H groups in total. The van der Waals surface area contributed by atoms with Gasteiger partial charge >= 0.3 is 0 Å². The molecule has 0 radical (unpaired) electrons. The van der Waals surface area contributed by atoms with Crippen molar-refractivity contribution in [2.75, 3.05) is 0 Å². The third-order valence-electron chi connectivity index (χ3n) is 14.7. The fraction of sp³-hybridized carbons (Fsp3) is 0.133. The molecule has 0 spiro atoms. The van der Waals surface area contributed by atoms with Crippen LogP contribution < -0.4 is 0 Å². The van der Waals surface area contributed by atoms with Gasteiger partial charge in [-0.1, -0.05) is 103 Å². The lowest BCUT2D eigenvalue weighted by atomic mass is 10.2. The summed E-state index contributed by atoms with van der Waals surface area (Å²) in [6, 6.07) is 75.0. The maximum absolute atomic E-state index is 5.37. The van der Waals surface area contributed by atoms with E-state index in [0.717, 1.165) is 73.2 Å². The zero-order chi connectivity index (χ0) is 69.7. The summed E-state index contributed by atoms with van der Waals surface area (Å²) in [5, 5.41) is 15.6. The molecule has 500 valence electrons. The molecule has 16 nitrogen and oxygen atoms in total. The third kappa shape index (κ3) is 22.8. The Labute approximate surface area is 577 Å². The molecule has 0 saturated carbocycles. The van der Waals surface area contributed by atoms with Gasteiger partial charge in [0.25, 0.3) is 0 Å². The molecule has 19 aromatic rings. The number of furan rings is 2. The van der Waals surface area contributed by atoms with Gasteiger partial charge in [-0.15, -0.1) is 0 Å². The van der Waals surface area contributed by atoms with E-state index in [1.807, 2.05) is 247 Å². The van der Waals surface area contributed by atoms with Gasteiger partial charge in [-0.2, -0.15) is 10.2 Å². The highest BCUT2D eigenvalue weighted by Crippen LogP contribution is 2.18. The average molecular weight is 1310 g/mol. The van der Waals surface area contributed by atoms with Crippen LogP contribution in [-0.2, 0) is 0 Å². The summed E-state index contributed by atoms with van der Waals surface area (Å²) in [5.74, 6) is 2.91. The second-order valence-corrected chi connectivity index (χ2v) is 23.5. The number of para-hydroxylation sites is 4. The van der Waals surface area contributed by atoms with E-state index >= 15 is 0 Å². The molecule has 0 unspecified atom stereocenters. The molecule has 0 amide bonds. The molecule has 0 aliphatic rings. The molecule has 15 heterocycles. The smallest absolute Gasteiger partial charge is 0.136 e. The van der Waals surface area contributed by atoms with Crippen LogP contribution in [0.15, 0.2) is 302 Å². The fourth-order valence-corrected chi connectivity index (χ4v) is 10.2. The van der Waals surface area contributed by atoms with E-state index in [1.165, 1.54) is 60.8 Å². The molecule has 15 aromatic heterocycles. The van der Waals surface area contributed by atoms with Crippen molar-refractivity contribution in [3.05, 3.63) is 355 Å². The molecule has 0 bridgehead atoms. The molecular formula is C83H86N14O2. The summed E-state index contributed by atoms with van der Waals surface area (Å²) in [7, 11) is 0. The molecule has 0 aliphatic carbocycles. The van der Waals surface area contributed by atoms with Crippen molar-refractivity contribution < 1.29 is 8.83 Å². The summed E-state index contributed by atoms with van der Waals surface area (Å²) in [4.78, 5) is 29.4. The predicted molar refractivity (Wildman–Crippen MR) is 406 cm³/mol. The normalized spacial score (nSPS) is 10.2. The van der Waals surface area contributed by atoms with Gasteiger partial charge in [0.1, 0.15) is 28.6 Å². The average Bonchev–Trinajstić information content (AvgIpc) is 2.09. The zero-order valence-electron chi connectivity index (χ0n) is 58.1. The number of aromatic nitrogens is 14. The Morgan fingerprint density at radius 2 is 0.990 bits per heavy atom. The minimum absolute atomic E-state index is 0.968. The number of fused-ring (bicyclic) bond motifs is 8. The molecule has 0 saturated heterocycles. The van der Waals surface area contributed by atoms with E-state index in [-0.39, 0.29) is 0 Å². The minimum atomic E-state index is 0.968. The summed E-state index contributed by atoms with van der Waals surface area (Å²) in [5.41, 5.74) is 19.5. The molecule has 4 aromatic carbocycles. The van der Waals surface area contributed by atoms with E-state index < -0.39 is 0 Å². The zero-order valence-corrected chi connectivity index (χ0v) is 58.1. The van der Waals surface area contributed by atoms with Gasteiger partial charge in [0.2, 0.25) is 0 Å². The van der Waals surface area contributed by atoms with Crippen molar-refractivity contribution in [2.45, 2.75) is 76.2 Å². The largest absolute Gasteiger partial charge is 0.470 e. The summed E-state index contributed by atoms with van der Waals surface area (Å²) in [6.07, 6.45) is 20.8. The highest BCUT2D eigenvalue weighted by molar-refractivity contribution is 5.81. The number of aryl methyl sites for hydroxylation is 11. The van der Waals surface area contributed by atoms with Crippen molar-refractivity contribution in [1.29, 1.82) is 0 Å². The first-order valence-electron chi connectivity index (χ1n) is 32.6. The fourth-order valence-electron chi connectivity index (χ4n) is 10.2. The second kappa shape index (κ2) is 36.4. The van der Waals surface area contributed by atoms with Gasteiger partial charge in [0.15, 0.2) is 0 Å². The lowest BCUT2D eigenvalue weighted by Gasteiger charge is -1.88. The van der Waals surface area contributed by atoms with Gasteiger partial charge in [-0.3, -0.25) is 15.1 Å². The van der Waals surface area contributed by atoms with Gasteiger partial charge in [-0.25, -0.2) is 14.5 Å². The molecule has 16 heteroatoms. The van der Waals surface area contributed by atoms with Gasteiger partial charge < -0.3 is 37.6 Å². The minimum Gasteiger partial charge on any atom is -0.470 e. The van der Waals surface area contributed by atoms with E-state index in [9.17, 15) is 0 Å². The number of H-pyrrole nitrogens is 5. The topological polar surface area (TPSA) is 196 Å². The van der Waals surface area contributed by atoms with E-state index in [0.29, 0.717) is 0 Å². The number of aromatic amines is 5. The van der Waals surface area contributed by atoms with Crippen LogP contribution in [-0.4, -0.2) is 68.5 Å². The monoisotopic (exact) mass is 1310 g/mol. The standard InChI is InChI=1S/2C9H9N.C9H8O.5C8H8N2.C7H8.C5H6O.C4H6N2/c1-8-6-9-4-2-3-5-10(9)7-8;2*1-7-6-8-4-2-3-5-9(8)10-7;1-6-4-7-5-9-3-2-8(7)10-6;1-6-4-7-2-3-9-5-8(7)10-6;1-7-6-10-5-3-2-4-8(10)9-7;1-7-6-8-4-2-3-5-10(8)9-7;1-6-9-7-4-2-3-5-8(7)10-6;1-7-5-3-2-4-6-7;1-5-3-2-4-6-5;1-4-2-3-5-6-4/h2-7H,1H3;2-6,10H,1H3;2-6H,1H3;2*2-5,10H,1H3;2*2-6H,1H3;2-5H,1H3,(H,9,10);2-6H,1H3;2-4H,1H3;2-3H,1H3,(H,5,6). The van der Waals surface area contributed by atoms with Gasteiger partial charge in [0, 0.05) is 111 Å². The van der Waals surface area contributed by atoms with Crippen molar-refractivity contribution in [3.8, 4) is 0 Å². The Morgan fingerprint density at radius 1 is 0.374 bits per heavy atom. The van der Waals surface area contributed by atoms with Gasteiger partial charge in [0.05, 0.1) is 45.9 Å². The first-order valence-corrected chi connectivity index (χ1v) is 32.6.